The van der Waals surface area contributed by atoms with Crippen molar-refractivity contribution in [1.82, 2.24) is 0 Å². The third-order valence-electron chi connectivity index (χ3n) is 3.21. The van der Waals surface area contributed by atoms with E-state index in [4.69, 9.17) is 18.0 Å². The number of hydrogen-bond donors (Lipinski definition) is 1. The number of hydrogen-bond acceptors (Lipinski definition) is 3. The van der Waals surface area contributed by atoms with Crippen LogP contribution in [0, 0.1) is 11.8 Å². The highest BCUT2D eigenvalue weighted by atomic mass is 32.2. The van der Waals surface area contributed by atoms with Crippen molar-refractivity contribution >= 4 is 27.0 Å². The molecule has 1 atom stereocenters. The minimum atomic E-state index is -2.97. The van der Waals surface area contributed by atoms with Crippen molar-refractivity contribution in [2.24, 2.45) is 17.6 Å². The molecule has 1 fully saturated rings. The predicted molar refractivity (Wildman–Crippen MR) is 66.6 cm³/mol. The van der Waals surface area contributed by atoms with Crippen molar-refractivity contribution in [3.63, 3.8) is 0 Å². The first-order valence-corrected chi connectivity index (χ1v) is 7.69. The Bertz CT molecular complexity index is 318. The van der Waals surface area contributed by atoms with Crippen LogP contribution in [0.25, 0.3) is 0 Å². The van der Waals surface area contributed by atoms with Gasteiger partial charge in [0.05, 0.1) is 10.7 Å². The van der Waals surface area contributed by atoms with Gasteiger partial charge in [-0.1, -0.05) is 32.0 Å². The molecule has 3 nitrogen and oxygen atoms in total. The second kappa shape index (κ2) is 5.25. The Kier molecular flexibility index (Phi) is 4.52. The van der Waals surface area contributed by atoms with E-state index in [2.05, 4.69) is 0 Å². The first-order chi connectivity index (χ1) is 6.96. The minimum Gasteiger partial charge on any atom is -0.393 e. The summed E-state index contributed by atoms with van der Waals surface area (Å²) >= 11 is 4.98. The zero-order valence-corrected chi connectivity index (χ0v) is 10.7. The second-order valence-corrected chi connectivity index (χ2v) is 7.12. The van der Waals surface area contributed by atoms with Crippen LogP contribution in [0.4, 0.5) is 0 Å². The Morgan fingerprint density at radius 3 is 2.40 bits per heavy atom. The number of nitrogens with two attached hydrogens (primary N) is 1. The number of rotatable bonds is 5. The molecule has 0 aliphatic heterocycles. The highest BCUT2D eigenvalue weighted by Gasteiger charge is 2.30. The van der Waals surface area contributed by atoms with E-state index in [-0.39, 0.29) is 17.4 Å². The number of sulfone groups is 1. The summed E-state index contributed by atoms with van der Waals surface area (Å²) in [6.45, 7) is 1.67. The van der Waals surface area contributed by atoms with Crippen LogP contribution in [0.2, 0.25) is 0 Å². The Balaban J connectivity index is 2.70. The first-order valence-electron chi connectivity index (χ1n) is 5.46. The topological polar surface area (TPSA) is 60.2 Å². The van der Waals surface area contributed by atoms with E-state index in [1.165, 1.54) is 12.8 Å². The Labute approximate surface area is 97.3 Å². The molecule has 0 aromatic rings. The van der Waals surface area contributed by atoms with E-state index in [0.29, 0.717) is 10.9 Å². The molecule has 0 unspecified atom stereocenters. The smallest absolute Gasteiger partial charge is 0.150 e. The summed E-state index contributed by atoms with van der Waals surface area (Å²) in [6, 6.07) is 0. The molecule has 1 saturated carbocycles. The van der Waals surface area contributed by atoms with Gasteiger partial charge >= 0.3 is 0 Å². The van der Waals surface area contributed by atoms with Gasteiger partial charge in [0.2, 0.25) is 0 Å². The van der Waals surface area contributed by atoms with Gasteiger partial charge < -0.3 is 5.73 Å². The lowest BCUT2D eigenvalue weighted by atomic mass is 9.92. The van der Waals surface area contributed by atoms with Crippen LogP contribution in [0.1, 0.15) is 32.6 Å². The van der Waals surface area contributed by atoms with Crippen molar-refractivity contribution in [2.45, 2.75) is 32.6 Å². The summed E-state index contributed by atoms with van der Waals surface area (Å²) in [6.07, 6.45) is 4.49. The van der Waals surface area contributed by atoms with E-state index < -0.39 is 9.84 Å². The maximum atomic E-state index is 11.6. The van der Waals surface area contributed by atoms with Crippen LogP contribution in [0.5, 0.6) is 0 Å². The van der Waals surface area contributed by atoms with E-state index in [1.807, 2.05) is 0 Å². The normalized spacial score (nSPS) is 20.3. The van der Waals surface area contributed by atoms with Gasteiger partial charge in [0.25, 0.3) is 0 Å². The molecule has 0 saturated heterocycles. The average molecular weight is 249 g/mol. The summed E-state index contributed by atoms with van der Waals surface area (Å²) in [5.74, 6) is 0.610. The molecule has 0 spiro atoms. The van der Waals surface area contributed by atoms with E-state index in [1.54, 1.807) is 6.92 Å². The highest BCUT2D eigenvalue weighted by Crippen LogP contribution is 2.32. The largest absolute Gasteiger partial charge is 0.393 e. The third-order valence-corrected chi connectivity index (χ3v) is 5.26. The first kappa shape index (κ1) is 12.9. The van der Waals surface area contributed by atoms with Crippen LogP contribution in [0.15, 0.2) is 0 Å². The molecule has 5 heteroatoms. The van der Waals surface area contributed by atoms with Gasteiger partial charge in [-0.25, -0.2) is 8.42 Å². The molecule has 0 aromatic heterocycles. The van der Waals surface area contributed by atoms with Crippen molar-refractivity contribution in [2.75, 3.05) is 11.5 Å². The maximum Gasteiger partial charge on any atom is 0.150 e. The lowest BCUT2D eigenvalue weighted by molar-refractivity contribution is 0.455. The highest BCUT2D eigenvalue weighted by molar-refractivity contribution is 7.91. The fourth-order valence-corrected chi connectivity index (χ4v) is 3.82. The van der Waals surface area contributed by atoms with E-state index in [0.717, 1.165) is 12.8 Å². The van der Waals surface area contributed by atoms with Crippen molar-refractivity contribution in [3.05, 3.63) is 0 Å². The summed E-state index contributed by atoms with van der Waals surface area (Å²) in [5, 5.41) is 0. The quantitative estimate of drug-likeness (QED) is 0.750. The molecule has 15 heavy (non-hydrogen) atoms. The van der Waals surface area contributed by atoms with Crippen molar-refractivity contribution in [1.29, 1.82) is 0 Å². The summed E-state index contributed by atoms with van der Waals surface area (Å²) < 4.78 is 23.1. The summed E-state index contributed by atoms with van der Waals surface area (Å²) in [4.78, 5) is 0.374. The van der Waals surface area contributed by atoms with Gasteiger partial charge in [0, 0.05) is 11.7 Å². The lowest BCUT2D eigenvalue weighted by Crippen LogP contribution is -2.33. The second-order valence-electron chi connectivity index (χ2n) is 4.25. The fourth-order valence-electron chi connectivity index (χ4n) is 2.20. The maximum absolute atomic E-state index is 11.6. The summed E-state index contributed by atoms with van der Waals surface area (Å²) in [7, 11) is -2.97. The van der Waals surface area contributed by atoms with Crippen LogP contribution >= 0.6 is 12.2 Å². The average Bonchev–Trinajstić information content (AvgIpc) is 2.66. The van der Waals surface area contributed by atoms with Gasteiger partial charge in [-0.05, 0) is 18.8 Å². The van der Waals surface area contributed by atoms with E-state index in [9.17, 15) is 8.42 Å². The predicted octanol–water partition coefficient (Wildman–Crippen LogP) is 1.51. The molecule has 88 valence electrons. The van der Waals surface area contributed by atoms with Crippen LogP contribution < -0.4 is 5.73 Å². The van der Waals surface area contributed by atoms with Crippen LogP contribution in [-0.2, 0) is 9.84 Å². The zero-order valence-electron chi connectivity index (χ0n) is 9.11. The fraction of sp³-hybridized carbons (Fsp3) is 0.900. The molecule has 2 N–H and O–H groups in total. The van der Waals surface area contributed by atoms with Gasteiger partial charge in [-0.2, -0.15) is 0 Å². The van der Waals surface area contributed by atoms with Crippen LogP contribution in [0.3, 0.4) is 0 Å². The Morgan fingerprint density at radius 1 is 1.47 bits per heavy atom. The molecule has 1 rings (SSSR count). The monoisotopic (exact) mass is 249 g/mol. The lowest BCUT2D eigenvalue weighted by Gasteiger charge is -2.21. The van der Waals surface area contributed by atoms with Gasteiger partial charge in [-0.3, -0.25) is 0 Å². The molecule has 0 aromatic carbocycles. The zero-order chi connectivity index (χ0) is 11.5. The van der Waals surface area contributed by atoms with Crippen LogP contribution in [-0.4, -0.2) is 24.9 Å². The standard InChI is InChI=1S/C10H19NO2S2/c1-2-15(12,13)7-9(10(11)14)8-5-3-4-6-8/h8-9H,2-7H2,1H3,(H2,11,14)/t9-/m1/s1. The molecule has 0 bridgehead atoms. The minimum absolute atomic E-state index is 0.104. The molecule has 0 radical (unpaired) electrons. The third kappa shape index (κ3) is 3.72. The number of thiocarbonyl (C=S) groups is 1. The SMILES string of the molecule is CCS(=O)(=O)C[C@@H](C(N)=S)C1CCCC1. The Hall–Kier alpha value is -0.160. The molecule has 1 aliphatic carbocycles. The molecular formula is C10H19NO2S2. The van der Waals surface area contributed by atoms with Crippen molar-refractivity contribution in [3.8, 4) is 0 Å². The molecule has 0 heterocycles. The molecule has 1 aliphatic rings. The Morgan fingerprint density at radius 2 is 2.00 bits per heavy atom. The van der Waals surface area contributed by atoms with Gasteiger partial charge in [0.15, 0.2) is 9.84 Å². The van der Waals surface area contributed by atoms with E-state index >= 15 is 0 Å². The van der Waals surface area contributed by atoms with Gasteiger partial charge in [-0.15, -0.1) is 0 Å². The summed E-state index contributed by atoms with van der Waals surface area (Å²) in [5.41, 5.74) is 5.65. The van der Waals surface area contributed by atoms with Crippen molar-refractivity contribution < 1.29 is 8.42 Å². The van der Waals surface area contributed by atoms with Gasteiger partial charge in [0.1, 0.15) is 0 Å². The molecule has 0 amide bonds. The molecular weight excluding hydrogens is 230 g/mol.